The molecule has 2 aromatic rings. The molecule has 1 amide bonds. The predicted molar refractivity (Wildman–Crippen MR) is 138 cm³/mol. The fourth-order valence-corrected chi connectivity index (χ4v) is 5.31. The quantitative estimate of drug-likeness (QED) is 0.284. The van der Waals surface area contributed by atoms with Gasteiger partial charge in [-0.05, 0) is 38.5 Å². The Bertz CT molecular complexity index is 1110. The summed E-state index contributed by atoms with van der Waals surface area (Å²) in [4.78, 5) is 39.1. The molecule has 3 heterocycles. The molecule has 5 rings (SSSR count). The molecule has 3 aliphatic rings. The Kier molecular flexibility index (Phi) is 9.59. The second-order valence-electron chi connectivity index (χ2n) is 11.1. The number of halogens is 1. The van der Waals surface area contributed by atoms with Crippen molar-refractivity contribution < 1.29 is 50.1 Å². The Morgan fingerprint density at radius 2 is 1.63 bits per heavy atom. The van der Waals surface area contributed by atoms with Crippen LogP contribution in [0.1, 0.15) is 55.6 Å². The number of carbonyl (C=O) groups excluding carboxylic acids is 3. The van der Waals surface area contributed by atoms with Crippen molar-refractivity contribution in [3.8, 4) is 5.75 Å². The minimum absolute atomic E-state index is 0. The van der Waals surface area contributed by atoms with Crippen molar-refractivity contribution >= 4 is 17.8 Å². The van der Waals surface area contributed by atoms with Crippen LogP contribution in [-0.2, 0) is 14.3 Å². The van der Waals surface area contributed by atoms with E-state index in [1.165, 1.54) is 0 Å². The summed E-state index contributed by atoms with van der Waals surface area (Å²) in [5.41, 5.74) is 0.564. The molecule has 38 heavy (non-hydrogen) atoms. The summed E-state index contributed by atoms with van der Waals surface area (Å²) >= 11 is 0. The fourth-order valence-electron chi connectivity index (χ4n) is 5.31. The van der Waals surface area contributed by atoms with Crippen LogP contribution in [0.15, 0.2) is 54.6 Å². The minimum Gasteiger partial charge on any atom is -1.00 e. The third-order valence-electron chi connectivity index (χ3n) is 7.23. The van der Waals surface area contributed by atoms with Gasteiger partial charge in [-0.2, -0.15) is 0 Å². The average molecular weight is 590 g/mol. The van der Waals surface area contributed by atoms with E-state index >= 15 is 0 Å². The number of esters is 1. The monoisotopic (exact) mass is 588 g/mol. The maximum atomic E-state index is 13.5. The lowest BCUT2D eigenvalue weighted by Crippen LogP contribution is -3.00. The molecule has 0 radical (unpaired) electrons. The van der Waals surface area contributed by atoms with Crippen LogP contribution in [0.2, 0.25) is 0 Å². The first-order valence-electron chi connectivity index (χ1n) is 12.8. The van der Waals surface area contributed by atoms with Crippen LogP contribution >= 0.6 is 0 Å². The van der Waals surface area contributed by atoms with Gasteiger partial charge in [0.05, 0.1) is 20.2 Å². The van der Waals surface area contributed by atoms with Crippen molar-refractivity contribution in [2.24, 2.45) is 5.92 Å². The molecule has 1 unspecified atom stereocenters. The van der Waals surface area contributed by atoms with Crippen molar-refractivity contribution in [3.05, 3.63) is 65.7 Å². The largest absolute Gasteiger partial charge is 1.00 e. The van der Waals surface area contributed by atoms with Gasteiger partial charge in [0.15, 0.2) is 12.1 Å². The minimum atomic E-state index is -1.03. The van der Waals surface area contributed by atoms with Gasteiger partial charge >= 0.3 is 12.1 Å². The van der Waals surface area contributed by atoms with E-state index in [9.17, 15) is 14.4 Å². The molecule has 3 fully saturated rings. The van der Waals surface area contributed by atoms with Gasteiger partial charge in [0.2, 0.25) is 5.78 Å². The standard InChI is InChI=1S/C29H36N2O6.BrH/c1-29(2,3)37-28(34)30-26(22-10-12-23(35-4)13-11-22)27(33)36-25-19-31(16-14-21(25)15-17-31)18-24(32)20-8-6-5-7-9-20;/h5-13,21,25-26H,14-19H2,1-4H3;1H/t21?,25-,26?,31?;/m0./s1. The van der Waals surface area contributed by atoms with Crippen LogP contribution in [0.5, 0.6) is 5.75 Å². The molecule has 0 saturated carbocycles. The van der Waals surface area contributed by atoms with Crippen LogP contribution in [0.25, 0.3) is 0 Å². The summed E-state index contributed by atoms with van der Waals surface area (Å²) in [7, 11) is 1.56. The molecule has 0 spiro atoms. The Morgan fingerprint density at radius 1 is 1.00 bits per heavy atom. The van der Waals surface area contributed by atoms with Crippen molar-refractivity contribution in [1.29, 1.82) is 0 Å². The average Bonchev–Trinajstić information content (AvgIpc) is 2.87. The number of benzene rings is 2. The van der Waals surface area contributed by atoms with Crippen molar-refractivity contribution in [1.82, 2.24) is 5.32 Å². The van der Waals surface area contributed by atoms with Crippen LogP contribution in [0.3, 0.4) is 0 Å². The number of rotatable bonds is 8. The van der Waals surface area contributed by atoms with E-state index in [0.29, 0.717) is 34.4 Å². The number of nitrogens with zero attached hydrogens (tertiary/aromatic N) is 1. The Hall–Kier alpha value is -2.91. The first-order valence-corrected chi connectivity index (χ1v) is 12.8. The van der Waals surface area contributed by atoms with Gasteiger partial charge in [-0.3, -0.25) is 4.79 Å². The molecule has 2 bridgehead atoms. The molecule has 3 aliphatic heterocycles. The Labute approximate surface area is 235 Å². The number of Topliss-reactive ketones (excluding diaryl/α,β-unsaturated/α-hetero) is 1. The summed E-state index contributed by atoms with van der Waals surface area (Å²) < 4.78 is 17.3. The molecular weight excluding hydrogens is 552 g/mol. The molecule has 2 aromatic carbocycles. The zero-order valence-corrected chi connectivity index (χ0v) is 24.0. The second-order valence-corrected chi connectivity index (χ2v) is 11.1. The normalized spacial score (nSPS) is 22.9. The number of fused-ring (bicyclic) bond motifs is 3. The highest BCUT2D eigenvalue weighted by Crippen LogP contribution is 2.36. The zero-order chi connectivity index (χ0) is 26.6. The Morgan fingerprint density at radius 3 is 2.21 bits per heavy atom. The zero-order valence-electron chi connectivity index (χ0n) is 22.4. The number of piperidine rings is 3. The lowest BCUT2D eigenvalue weighted by molar-refractivity contribution is -0.938. The first-order chi connectivity index (χ1) is 17.6. The fraction of sp³-hybridized carbons (Fsp3) is 0.483. The maximum Gasteiger partial charge on any atom is 0.408 e. The predicted octanol–water partition coefficient (Wildman–Crippen LogP) is 1.30. The number of nitrogens with one attached hydrogen (secondary N) is 1. The summed E-state index contributed by atoms with van der Waals surface area (Å²) in [6.45, 7) is 8.07. The van der Waals surface area contributed by atoms with Crippen LogP contribution in [0, 0.1) is 5.92 Å². The molecule has 206 valence electrons. The van der Waals surface area contributed by atoms with E-state index in [0.717, 1.165) is 25.9 Å². The van der Waals surface area contributed by atoms with E-state index in [1.54, 1.807) is 52.1 Å². The molecule has 8 nitrogen and oxygen atoms in total. The van der Waals surface area contributed by atoms with Gasteiger partial charge in [-0.1, -0.05) is 42.5 Å². The number of ketones is 1. The van der Waals surface area contributed by atoms with E-state index in [1.807, 2.05) is 30.3 Å². The van der Waals surface area contributed by atoms with Gasteiger partial charge in [0.25, 0.3) is 0 Å². The molecular formula is C29H37BrN2O6. The molecule has 9 heteroatoms. The number of amides is 1. The number of ether oxygens (including phenoxy) is 3. The molecule has 1 N–H and O–H groups in total. The third kappa shape index (κ3) is 7.35. The number of carbonyl (C=O) groups is 3. The highest BCUT2D eigenvalue weighted by molar-refractivity contribution is 5.97. The highest BCUT2D eigenvalue weighted by atomic mass is 79.9. The van der Waals surface area contributed by atoms with Gasteiger partial charge in [0, 0.05) is 24.3 Å². The molecule has 0 aromatic heterocycles. The SMILES string of the molecule is COc1ccc(C(NC(=O)OC(C)(C)C)C(=O)O[C@H]2C[N+]3(CC(=O)c4ccccc4)CCC2CC3)cc1.[Br-]. The smallest absolute Gasteiger partial charge is 0.408 e. The van der Waals surface area contributed by atoms with Gasteiger partial charge in [0.1, 0.15) is 24.4 Å². The second kappa shape index (κ2) is 12.3. The highest BCUT2D eigenvalue weighted by Gasteiger charge is 2.49. The molecule has 0 aliphatic carbocycles. The van der Waals surface area contributed by atoms with Crippen LogP contribution in [0.4, 0.5) is 4.79 Å². The summed E-state index contributed by atoms with van der Waals surface area (Å²) in [6.07, 6.45) is 0.773. The number of hydrogen-bond donors (Lipinski definition) is 1. The number of quaternary nitrogens is 1. The van der Waals surface area contributed by atoms with E-state index in [2.05, 4.69) is 5.32 Å². The summed E-state index contributed by atoms with van der Waals surface area (Å²) in [6, 6.07) is 15.2. The van der Waals surface area contributed by atoms with Gasteiger partial charge in [-0.25, -0.2) is 9.59 Å². The topological polar surface area (TPSA) is 90.9 Å². The number of hydrogen-bond acceptors (Lipinski definition) is 6. The van der Waals surface area contributed by atoms with E-state index in [4.69, 9.17) is 14.2 Å². The summed E-state index contributed by atoms with van der Waals surface area (Å²) in [5.74, 6) is 0.449. The van der Waals surface area contributed by atoms with E-state index < -0.39 is 23.7 Å². The summed E-state index contributed by atoms with van der Waals surface area (Å²) in [5, 5.41) is 2.69. The van der Waals surface area contributed by atoms with Crippen molar-refractivity contribution in [2.75, 3.05) is 33.3 Å². The van der Waals surface area contributed by atoms with Gasteiger partial charge in [-0.15, -0.1) is 0 Å². The van der Waals surface area contributed by atoms with Gasteiger partial charge < -0.3 is 41.0 Å². The molecule has 3 saturated heterocycles. The lowest BCUT2D eigenvalue weighted by Gasteiger charge is -2.51. The Balaban J connectivity index is 0.00000400. The molecule has 2 atom stereocenters. The van der Waals surface area contributed by atoms with Crippen LogP contribution < -0.4 is 27.0 Å². The van der Waals surface area contributed by atoms with Crippen molar-refractivity contribution in [2.45, 2.75) is 51.4 Å². The van der Waals surface area contributed by atoms with Crippen molar-refractivity contribution in [3.63, 3.8) is 0 Å². The first kappa shape index (κ1) is 29.6. The maximum absolute atomic E-state index is 13.5. The van der Waals surface area contributed by atoms with Crippen LogP contribution in [-0.4, -0.2) is 67.3 Å². The lowest BCUT2D eigenvalue weighted by atomic mass is 9.82. The van der Waals surface area contributed by atoms with E-state index in [-0.39, 0.29) is 34.8 Å². The number of methoxy groups -OCH3 is 1. The third-order valence-corrected chi connectivity index (χ3v) is 7.23. The number of alkyl carbamates (subject to hydrolysis) is 1.